The van der Waals surface area contributed by atoms with Crippen LogP contribution in [0.5, 0.6) is 0 Å². The third kappa shape index (κ3) is 5.97. The van der Waals surface area contributed by atoms with E-state index in [1.165, 1.54) is 22.2 Å². The van der Waals surface area contributed by atoms with Gasteiger partial charge in [-0.2, -0.15) is 0 Å². The summed E-state index contributed by atoms with van der Waals surface area (Å²) in [6.45, 7) is 12.8. The molecule has 0 saturated carbocycles. The fraction of sp³-hybridized carbons (Fsp3) is 0.750. The van der Waals surface area contributed by atoms with Crippen LogP contribution in [0.3, 0.4) is 0 Å². The molecule has 0 aliphatic heterocycles. The molecule has 1 N–H and O–H groups in total. The lowest BCUT2D eigenvalue weighted by molar-refractivity contribution is 0.222. The van der Waals surface area contributed by atoms with Crippen LogP contribution in [0.25, 0.3) is 0 Å². The summed E-state index contributed by atoms with van der Waals surface area (Å²) < 4.78 is 1.27. The molecule has 0 aromatic carbocycles. The highest BCUT2D eigenvalue weighted by atomic mass is 79.9. The molecule has 110 valence electrons. The Hall–Kier alpha value is 0.140. The van der Waals surface area contributed by atoms with Crippen molar-refractivity contribution in [2.75, 3.05) is 6.54 Å². The average Bonchev–Trinajstić information content (AvgIpc) is 2.70. The van der Waals surface area contributed by atoms with Crippen LogP contribution in [-0.4, -0.2) is 12.6 Å². The van der Waals surface area contributed by atoms with Gasteiger partial charge in [-0.15, -0.1) is 11.3 Å². The SMILES string of the molecule is CCCNC(Cc1sccc1Br)CC(C)C(C)(C)C. The normalized spacial score (nSPS) is 15.5. The molecule has 1 nitrogen and oxygen atoms in total. The van der Waals surface area contributed by atoms with E-state index in [4.69, 9.17) is 0 Å². The smallest absolute Gasteiger partial charge is 0.0314 e. The van der Waals surface area contributed by atoms with Gasteiger partial charge in [-0.25, -0.2) is 0 Å². The lowest BCUT2D eigenvalue weighted by Crippen LogP contribution is -2.35. The molecule has 1 aromatic rings. The molecule has 0 aliphatic rings. The van der Waals surface area contributed by atoms with E-state index >= 15 is 0 Å². The predicted molar refractivity (Wildman–Crippen MR) is 91.0 cm³/mol. The molecule has 0 spiro atoms. The van der Waals surface area contributed by atoms with E-state index in [2.05, 4.69) is 67.3 Å². The van der Waals surface area contributed by atoms with E-state index in [0.717, 1.165) is 18.9 Å². The predicted octanol–water partition coefficient (Wildman–Crippen LogP) is 5.49. The third-order valence-electron chi connectivity index (χ3n) is 3.92. The Morgan fingerprint density at radius 2 is 2.05 bits per heavy atom. The van der Waals surface area contributed by atoms with Crippen LogP contribution in [0.4, 0.5) is 0 Å². The molecule has 0 saturated heterocycles. The number of nitrogens with one attached hydrogen (secondary N) is 1. The first-order valence-corrected chi connectivity index (χ1v) is 8.97. The van der Waals surface area contributed by atoms with Crippen LogP contribution in [0.15, 0.2) is 15.9 Å². The summed E-state index contributed by atoms with van der Waals surface area (Å²) in [6, 6.07) is 2.74. The molecule has 2 unspecified atom stereocenters. The van der Waals surface area contributed by atoms with E-state index < -0.39 is 0 Å². The van der Waals surface area contributed by atoms with Crippen LogP contribution < -0.4 is 5.32 Å². The standard InChI is InChI=1S/C16H28BrNS/c1-6-8-18-13(10-12(2)16(3,4)5)11-15-14(17)7-9-19-15/h7,9,12-13,18H,6,8,10-11H2,1-5H3. The van der Waals surface area contributed by atoms with Crippen molar-refractivity contribution >= 4 is 27.3 Å². The molecule has 3 heteroatoms. The highest BCUT2D eigenvalue weighted by Crippen LogP contribution is 2.31. The maximum atomic E-state index is 3.72. The first-order valence-electron chi connectivity index (χ1n) is 7.29. The van der Waals surface area contributed by atoms with Crippen LogP contribution in [0.1, 0.15) is 52.3 Å². The van der Waals surface area contributed by atoms with Gasteiger partial charge in [0.25, 0.3) is 0 Å². The molecule has 0 amide bonds. The summed E-state index contributed by atoms with van der Waals surface area (Å²) in [7, 11) is 0. The molecule has 0 aliphatic carbocycles. The summed E-state index contributed by atoms with van der Waals surface area (Å²) in [5.74, 6) is 0.723. The number of halogens is 1. The second kappa shape index (κ2) is 7.80. The summed E-state index contributed by atoms with van der Waals surface area (Å²) in [5, 5.41) is 5.89. The Labute approximate surface area is 131 Å². The fourth-order valence-corrected chi connectivity index (χ4v) is 3.66. The highest BCUT2D eigenvalue weighted by molar-refractivity contribution is 9.10. The third-order valence-corrected chi connectivity index (χ3v) is 5.87. The molecule has 1 aromatic heterocycles. The first kappa shape index (κ1) is 17.2. The van der Waals surface area contributed by atoms with E-state index in [9.17, 15) is 0 Å². The Bertz CT molecular complexity index is 367. The minimum Gasteiger partial charge on any atom is -0.314 e. The van der Waals surface area contributed by atoms with Crippen molar-refractivity contribution in [1.29, 1.82) is 0 Å². The second-order valence-electron chi connectivity index (χ2n) is 6.55. The lowest BCUT2D eigenvalue weighted by Gasteiger charge is -2.31. The van der Waals surface area contributed by atoms with Gasteiger partial charge in [0.15, 0.2) is 0 Å². The average molecular weight is 346 g/mol. The van der Waals surface area contributed by atoms with Crippen molar-refractivity contribution in [1.82, 2.24) is 5.32 Å². The monoisotopic (exact) mass is 345 g/mol. The summed E-state index contributed by atoms with van der Waals surface area (Å²) in [4.78, 5) is 1.47. The van der Waals surface area contributed by atoms with Crippen LogP contribution in [0.2, 0.25) is 0 Å². The topological polar surface area (TPSA) is 12.0 Å². The number of rotatable bonds is 7. The Kier molecular flexibility index (Phi) is 7.06. The van der Waals surface area contributed by atoms with Crippen molar-refractivity contribution in [3.63, 3.8) is 0 Å². The number of hydrogen-bond acceptors (Lipinski definition) is 2. The van der Waals surface area contributed by atoms with Crippen molar-refractivity contribution < 1.29 is 0 Å². The molecule has 19 heavy (non-hydrogen) atoms. The molecular formula is C16H28BrNS. The second-order valence-corrected chi connectivity index (χ2v) is 8.40. The maximum absolute atomic E-state index is 3.72. The van der Waals surface area contributed by atoms with Gasteiger partial charge in [-0.1, -0.05) is 34.6 Å². The van der Waals surface area contributed by atoms with Gasteiger partial charge in [-0.3, -0.25) is 0 Å². The quantitative estimate of drug-likeness (QED) is 0.688. The molecular weight excluding hydrogens is 318 g/mol. The largest absolute Gasteiger partial charge is 0.314 e. The minimum absolute atomic E-state index is 0.388. The number of thiophene rings is 1. The lowest BCUT2D eigenvalue weighted by atomic mass is 9.78. The van der Waals surface area contributed by atoms with Gasteiger partial charge < -0.3 is 5.32 Å². The van der Waals surface area contributed by atoms with E-state index in [-0.39, 0.29) is 0 Å². The minimum atomic E-state index is 0.388. The molecule has 1 rings (SSSR count). The molecule has 1 heterocycles. The van der Waals surface area contributed by atoms with Crippen LogP contribution >= 0.6 is 27.3 Å². The summed E-state index contributed by atoms with van der Waals surface area (Å²) in [5.41, 5.74) is 0.388. The molecule has 0 bridgehead atoms. The molecule has 0 radical (unpaired) electrons. The Morgan fingerprint density at radius 3 is 2.53 bits per heavy atom. The van der Waals surface area contributed by atoms with Crippen molar-refractivity contribution in [3.8, 4) is 0 Å². The van der Waals surface area contributed by atoms with Crippen molar-refractivity contribution in [2.24, 2.45) is 11.3 Å². The van der Waals surface area contributed by atoms with Gasteiger partial charge in [0.05, 0.1) is 0 Å². The zero-order chi connectivity index (χ0) is 14.5. The Morgan fingerprint density at radius 1 is 1.37 bits per heavy atom. The van der Waals surface area contributed by atoms with Gasteiger partial charge in [0.2, 0.25) is 0 Å². The Balaban J connectivity index is 2.64. The van der Waals surface area contributed by atoms with E-state index in [1.807, 2.05) is 11.3 Å². The maximum Gasteiger partial charge on any atom is 0.0314 e. The van der Waals surface area contributed by atoms with Gasteiger partial charge >= 0.3 is 0 Å². The van der Waals surface area contributed by atoms with Gasteiger partial charge in [0.1, 0.15) is 0 Å². The van der Waals surface area contributed by atoms with Crippen LogP contribution in [0, 0.1) is 11.3 Å². The summed E-state index contributed by atoms with van der Waals surface area (Å²) >= 11 is 5.51. The first-order chi connectivity index (χ1) is 8.84. The van der Waals surface area contributed by atoms with E-state index in [0.29, 0.717) is 11.5 Å². The zero-order valence-electron chi connectivity index (χ0n) is 12.9. The fourth-order valence-electron chi connectivity index (χ4n) is 2.06. The van der Waals surface area contributed by atoms with Gasteiger partial charge in [0, 0.05) is 15.4 Å². The number of hydrogen-bond donors (Lipinski definition) is 1. The summed E-state index contributed by atoms with van der Waals surface area (Å²) in [6.07, 6.45) is 3.58. The van der Waals surface area contributed by atoms with Crippen molar-refractivity contribution in [3.05, 3.63) is 20.8 Å². The van der Waals surface area contributed by atoms with E-state index in [1.54, 1.807) is 0 Å². The highest BCUT2D eigenvalue weighted by Gasteiger charge is 2.24. The van der Waals surface area contributed by atoms with Gasteiger partial charge in [-0.05, 0) is 64.5 Å². The molecule has 0 fully saturated rings. The van der Waals surface area contributed by atoms with Crippen molar-refractivity contribution in [2.45, 2.75) is 59.9 Å². The zero-order valence-corrected chi connectivity index (χ0v) is 15.3. The van der Waals surface area contributed by atoms with Crippen LogP contribution in [-0.2, 0) is 6.42 Å². The molecule has 2 atom stereocenters.